The van der Waals surface area contributed by atoms with Gasteiger partial charge in [0.2, 0.25) is 0 Å². The van der Waals surface area contributed by atoms with Crippen LogP contribution in [-0.2, 0) is 14.3 Å². The first-order chi connectivity index (χ1) is 13.1. The summed E-state index contributed by atoms with van der Waals surface area (Å²) in [6, 6.07) is 17.5. The molecular formula is C22H25NO4. The third-order valence-corrected chi connectivity index (χ3v) is 4.99. The molecule has 0 saturated heterocycles. The SMILES string of the molecule is COC(=O)C1CCCC1NC(=O)C(C)Oc1ccc(-c2ccccc2)cc1. The van der Waals surface area contributed by atoms with Crippen molar-refractivity contribution in [3.63, 3.8) is 0 Å². The number of carbonyl (C=O) groups is 2. The van der Waals surface area contributed by atoms with Crippen LogP contribution >= 0.6 is 0 Å². The first-order valence-electron chi connectivity index (χ1n) is 9.29. The molecule has 1 N–H and O–H groups in total. The molecular weight excluding hydrogens is 342 g/mol. The Labute approximate surface area is 159 Å². The van der Waals surface area contributed by atoms with Crippen molar-refractivity contribution in [1.82, 2.24) is 5.32 Å². The lowest BCUT2D eigenvalue weighted by Gasteiger charge is -2.22. The topological polar surface area (TPSA) is 64.6 Å². The Bertz CT molecular complexity index is 773. The van der Waals surface area contributed by atoms with Gasteiger partial charge in [-0.2, -0.15) is 0 Å². The third kappa shape index (κ3) is 4.67. The highest BCUT2D eigenvalue weighted by atomic mass is 16.5. The van der Waals surface area contributed by atoms with E-state index >= 15 is 0 Å². The Morgan fingerprint density at radius 2 is 1.67 bits per heavy atom. The quantitative estimate of drug-likeness (QED) is 0.793. The normalized spacial score (nSPS) is 19.9. The van der Waals surface area contributed by atoms with Crippen LogP contribution in [0.4, 0.5) is 0 Å². The van der Waals surface area contributed by atoms with E-state index in [-0.39, 0.29) is 23.8 Å². The lowest BCUT2D eigenvalue weighted by molar-refractivity contribution is -0.146. The second-order valence-electron chi connectivity index (χ2n) is 6.83. The predicted molar refractivity (Wildman–Crippen MR) is 103 cm³/mol. The Morgan fingerprint density at radius 1 is 1.00 bits per heavy atom. The average molecular weight is 367 g/mol. The van der Waals surface area contributed by atoms with Crippen molar-refractivity contribution in [3.8, 4) is 16.9 Å². The summed E-state index contributed by atoms with van der Waals surface area (Å²) in [5.74, 6) is -0.115. The maximum atomic E-state index is 12.5. The fourth-order valence-corrected chi connectivity index (χ4v) is 3.48. The number of rotatable bonds is 6. The maximum Gasteiger partial charge on any atom is 0.310 e. The molecule has 0 aromatic heterocycles. The molecule has 5 heteroatoms. The van der Waals surface area contributed by atoms with E-state index in [1.165, 1.54) is 7.11 Å². The Kier molecular flexibility index (Phi) is 6.12. The monoisotopic (exact) mass is 367 g/mol. The summed E-state index contributed by atoms with van der Waals surface area (Å²) in [4.78, 5) is 24.3. The van der Waals surface area contributed by atoms with Crippen LogP contribution < -0.4 is 10.1 Å². The van der Waals surface area contributed by atoms with E-state index in [1.807, 2.05) is 54.6 Å². The highest BCUT2D eigenvalue weighted by Crippen LogP contribution is 2.27. The van der Waals surface area contributed by atoms with Crippen molar-refractivity contribution in [2.75, 3.05) is 7.11 Å². The van der Waals surface area contributed by atoms with Gasteiger partial charge in [0.15, 0.2) is 6.10 Å². The highest BCUT2D eigenvalue weighted by Gasteiger charge is 2.35. The smallest absolute Gasteiger partial charge is 0.310 e. The van der Waals surface area contributed by atoms with E-state index in [9.17, 15) is 9.59 Å². The molecule has 1 fully saturated rings. The van der Waals surface area contributed by atoms with Crippen molar-refractivity contribution >= 4 is 11.9 Å². The molecule has 0 aliphatic heterocycles. The van der Waals surface area contributed by atoms with Crippen LogP contribution in [0.1, 0.15) is 26.2 Å². The third-order valence-electron chi connectivity index (χ3n) is 4.99. The van der Waals surface area contributed by atoms with Gasteiger partial charge in [0, 0.05) is 6.04 Å². The zero-order chi connectivity index (χ0) is 19.2. The number of carbonyl (C=O) groups excluding carboxylic acids is 2. The maximum absolute atomic E-state index is 12.5. The summed E-state index contributed by atoms with van der Waals surface area (Å²) in [6.45, 7) is 1.71. The van der Waals surface area contributed by atoms with Crippen LogP contribution in [0.2, 0.25) is 0 Å². The van der Waals surface area contributed by atoms with Gasteiger partial charge in [-0.1, -0.05) is 48.9 Å². The van der Waals surface area contributed by atoms with E-state index in [4.69, 9.17) is 9.47 Å². The lowest BCUT2D eigenvalue weighted by Crippen LogP contribution is -2.45. The number of hydrogen-bond donors (Lipinski definition) is 1. The van der Waals surface area contributed by atoms with Gasteiger partial charge in [-0.15, -0.1) is 0 Å². The number of esters is 1. The zero-order valence-electron chi connectivity index (χ0n) is 15.7. The number of methoxy groups -OCH3 is 1. The van der Waals surface area contributed by atoms with E-state index in [2.05, 4.69) is 5.32 Å². The largest absolute Gasteiger partial charge is 0.481 e. The number of hydrogen-bond acceptors (Lipinski definition) is 4. The molecule has 142 valence electrons. The Morgan fingerprint density at radius 3 is 2.33 bits per heavy atom. The fraction of sp³-hybridized carbons (Fsp3) is 0.364. The lowest BCUT2D eigenvalue weighted by atomic mass is 10.0. The van der Waals surface area contributed by atoms with E-state index in [0.29, 0.717) is 5.75 Å². The molecule has 27 heavy (non-hydrogen) atoms. The second kappa shape index (κ2) is 8.71. The van der Waals surface area contributed by atoms with Crippen LogP contribution in [0.5, 0.6) is 5.75 Å². The Hall–Kier alpha value is -2.82. The molecule has 0 heterocycles. The second-order valence-corrected chi connectivity index (χ2v) is 6.83. The molecule has 1 aliphatic rings. The minimum atomic E-state index is -0.647. The minimum Gasteiger partial charge on any atom is -0.481 e. The molecule has 2 aromatic rings. The molecule has 5 nitrogen and oxygen atoms in total. The number of benzene rings is 2. The van der Waals surface area contributed by atoms with Crippen LogP contribution in [0.15, 0.2) is 54.6 Å². The molecule has 3 atom stereocenters. The van der Waals surface area contributed by atoms with Crippen LogP contribution in [0.25, 0.3) is 11.1 Å². The zero-order valence-corrected chi connectivity index (χ0v) is 15.7. The average Bonchev–Trinajstić information content (AvgIpc) is 3.16. The summed E-state index contributed by atoms with van der Waals surface area (Å²) in [6.07, 6.45) is 1.78. The summed E-state index contributed by atoms with van der Waals surface area (Å²) < 4.78 is 10.6. The van der Waals surface area contributed by atoms with Gasteiger partial charge in [0.1, 0.15) is 5.75 Å². The number of ether oxygens (including phenoxy) is 2. The van der Waals surface area contributed by atoms with Crippen molar-refractivity contribution < 1.29 is 19.1 Å². The number of amides is 1. The van der Waals surface area contributed by atoms with Gasteiger partial charge in [-0.25, -0.2) is 0 Å². The minimum absolute atomic E-state index is 0.184. The van der Waals surface area contributed by atoms with E-state index in [1.54, 1.807) is 6.92 Å². The van der Waals surface area contributed by atoms with Gasteiger partial charge in [-0.05, 0) is 43.0 Å². The molecule has 0 radical (unpaired) electrons. The van der Waals surface area contributed by atoms with Gasteiger partial charge in [0.05, 0.1) is 13.0 Å². The predicted octanol–water partition coefficient (Wildman–Crippen LogP) is 3.58. The van der Waals surface area contributed by atoms with Crippen LogP contribution in [0.3, 0.4) is 0 Å². The summed E-state index contributed by atoms with van der Waals surface area (Å²) >= 11 is 0. The molecule has 0 spiro atoms. The van der Waals surface area contributed by atoms with Crippen molar-refractivity contribution in [3.05, 3.63) is 54.6 Å². The van der Waals surface area contributed by atoms with Gasteiger partial charge in [0.25, 0.3) is 5.91 Å². The first kappa shape index (κ1) is 19.0. The van der Waals surface area contributed by atoms with E-state index < -0.39 is 6.10 Å². The van der Waals surface area contributed by atoms with E-state index in [0.717, 1.165) is 30.4 Å². The molecule has 1 aliphatic carbocycles. The Balaban J connectivity index is 1.57. The molecule has 3 unspecified atom stereocenters. The number of nitrogens with one attached hydrogen (secondary N) is 1. The van der Waals surface area contributed by atoms with Gasteiger partial charge in [-0.3, -0.25) is 9.59 Å². The van der Waals surface area contributed by atoms with Crippen molar-refractivity contribution in [2.45, 2.75) is 38.3 Å². The van der Waals surface area contributed by atoms with Crippen LogP contribution in [-0.4, -0.2) is 31.1 Å². The van der Waals surface area contributed by atoms with Crippen molar-refractivity contribution in [1.29, 1.82) is 0 Å². The van der Waals surface area contributed by atoms with Crippen molar-refractivity contribution in [2.24, 2.45) is 5.92 Å². The molecule has 0 bridgehead atoms. The highest BCUT2D eigenvalue weighted by molar-refractivity contribution is 5.82. The molecule has 1 saturated carbocycles. The molecule has 2 aromatic carbocycles. The standard InChI is InChI=1S/C22H25NO4/c1-15(21(24)23-20-10-6-9-19(20)22(25)26-2)27-18-13-11-17(12-14-18)16-7-4-3-5-8-16/h3-5,7-8,11-15,19-20H,6,9-10H2,1-2H3,(H,23,24). The molecule has 3 rings (SSSR count). The van der Waals surface area contributed by atoms with Gasteiger partial charge < -0.3 is 14.8 Å². The summed E-state index contributed by atoms with van der Waals surface area (Å²) in [5.41, 5.74) is 2.22. The summed E-state index contributed by atoms with van der Waals surface area (Å²) in [7, 11) is 1.38. The first-order valence-corrected chi connectivity index (χ1v) is 9.29. The van der Waals surface area contributed by atoms with Crippen LogP contribution in [0, 0.1) is 5.92 Å². The fourth-order valence-electron chi connectivity index (χ4n) is 3.48. The van der Waals surface area contributed by atoms with Gasteiger partial charge >= 0.3 is 5.97 Å². The molecule has 1 amide bonds. The summed E-state index contributed by atoms with van der Waals surface area (Å²) in [5, 5.41) is 2.94.